The summed E-state index contributed by atoms with van der Waals surface area (Å²) in [5.74, 6) is -3.68. The first-order valence-electron chi connectivity index (χ1n) is 10.0. The molecule has 0 saturated heterocycles. The van der Waals surface area contributed by atoms with Gasteiger partial charge in [0.05, 0.1) is 22.3 Å². The van der Waals surface area contributed by atoms with Crippen LogP contribution in [0.1, 0.15) is 41.4 Å². The van der Waals surface area contributed by atoms with E-state index in [0.29, 0.717) is 0 Å². The van der Waals surface area contributed by atoms with Crippen molar-refractivity contribution in [1.29, 1.82) is 0 Å². The maximum absolute atomic E-state index is 10.2. The number of nitrogens with zero attached hydrogens (tertiary/aromatic N) is 4. The van der Waals surface area contributed by atoms with Crippen LogP contribution in [0.15, 0.2) is 98.1 Å². The fourth-order valence-corrected chi connectivity index (χ4v) is 1.98. The van der Waals surface area contributed by atoms with Gasteiger partial charge in [0.25, 0.3) is 0 Å². The van der Waals surface area contributed by atoms with Crippen molar-refractivity contribution in [3.05, 3.63) is 120 Å². The van der Waals surface area contributed by atoms with Gasteiger partial charge in [0.1, 0.15) is 0 Å². The Morgan fingerprint density at radius 2 is 0.564 bits per heavy atom. The van der Waals surface area contributed by atoms with Gasteiger partial charge in [-0.05, 0) is 48.5 Å². The molecule has 4 rings (SSSR count). The molecule has 207 valence electrons. The summed E-state index contributed by atoms with van der Waals surface area (Å²) in [5.41, 5.74) is 1.07. The van der Waals surface area contributed by atoms with Crippen LogP contribution in [-0.2, 0) is 15.1 Å². The number of halogens is 2. The standard InChI is InChI=1S/4C6H5NO2.2ClH.Rh/c4*8-6(9)5-1-3-7-4-2-5;;;/h4*1-4H,(H,8,9);2*1H;/q;;;;;;+2/p-2. The van der Waals surface area contributed by atoms with E-state index in [1.54, 1.807) is 0 Å². The number of pyridine rings is 4. The molecule has 15 heteroatoms. The molecule has 4 aromatic heterocycles. The average molecular weight is 666 g/mol. The summed E-state index contributed by atoms with van der Waals surface area (Å²) in [4.78, 5) is 55.4. The second-order valence-corrected chi connectivity index (χ2v) is 8.70. The van der Waals surface area contributed by atoms with Gasteiger partial charge in [0.2, 0.25) is 0 Å². The molecule has 4 heterocycles. The van der Waals surface area contributed by atoms with Crippen molar-refractivity contribution in [3.8, 4) is 0 Å². The molecule has 0 aliphatic carbocycles. The molecule has 0 aliphatic rings. The Hall–Kier alpha value is -4.32. The first-order chi connectivity index (χ1) is 18.6. The zero-order chi connectivity index (χ0) is 29.5. The van der Waals surface area contributed by atoms with E-state index in [2.05, 4.69) is 19.9 Å². The van der Waals surface area contributed by atoms with Crippen molar-refractivity contribution in [2.45, 2.75) is 0 Å². The van der Waals surface area contributed by atoms with E-state index in [-0.39, 0.29) is 37.4 Å². The normalized spacial score (nSPS) is 8.77. The first-order valence-corrected chi connectivity index (χ1v) is 14.2. The van der Waals surface area contributed by atoms with Gasteiger partial charge in [-0.25, -0.2) is 19.2 Å². The number of rotatable bonds is 4. The van der Waals surface area contributed by atoms with E-state index in [4.69, 9.17) is 39.8 Å². The fourth-order valence-electron chi connectivity index (χ4n) is 1.98. The number of aromatic nitrogens is 4. The predicted octanol–water partition coefficient (Wildman–Crippen LogP) is 4.50. The summed E-state index contributed by atoms with van der Waals surface area (Å²) in [6.07, 6.45) is 11.6. The molecule has 0 saturated carbocycles. The fraction of sp³-hybridized carbons (Fsp3) is 0. The summed E-state index contributed by atoms with van der Waals surface area (Å²) < 4.78 is 0. The second kappa shape index (κ2) is 21.7. The van der Waals surface area contributed by atoms with Gasteiger partial charge in [-0.1, -0.05) is 0 Å². The molecule has 39 heavy (non-hydrogen) atoms. The van der Waals surface area contributed by atoms with Crippen molar-refractivity contribution >= 4 is 43.3 Å². The molecule has 0 aliphatic heterocycles. The third kappa shape index (κ3) is 17.7. The monoisotopic (exact) mass is 665 g/mol. The number of carboxylic acid groups (broad SMARTS) is 4. The molecule has 0 spiro atoms. The summed E-state index contributed by atoms with van der Waals surface area (Å²) in [6.45, 7) is 0. The molecule has 0 bridgehead atoms. The molecule has 0 atom stereocenters. The predicted molar refractivity (Wildman–Crippen MR) is 136 cm³/mol. The van der Waals surface area contributed by atoms with Crippen molar-refractivity contribution in [2.24, 2.45) is 0 Å². The van der Waals surface area contributed by atoms with Crippen LogP contribution in [-0.4, -0.2) is 64.2 Å². The van der Waals surface area contributed by atoms with Gasteiger partial charge in [-0.3, -0.25) is 19.9 Å². The van der Waals surface area contributed by atoms with Gasteiger partial charge in [-0.15, -0.1) is 0 Å². The summed E-state index contributed by atoms with van der Waals surface area (Å²) >= 11 is -0.226. The van der Waals surface area contributed by atoms with Crippen molar-refractivity contribution < 1.29 is 54.7 Å². The van der Waals surface area contributed by atoms with E-state index >= 15 is 0 Å². The van der Waals surface area contributed by atoms with Crippen LogP contribution in [0, 0.1) is 0 Å². The molecule has 12 nitrogen and oxygen atoms in total. The zero-order valence-corrected chi connectivity index (χ0v) is 22.7. The molecule has 4 N–H and O–H groups in total. The van der Waals surface area contributed by atoms with Crippen LogP contribution in [0.25, 0.3) is 0 Å². The second-order valence-electron chi connectivity index (χ2n) is 6.21. The number of hydrogen-bond acceptors (Lipinski definition) is 8. The summed E-state index contributed by atoms with van der Waals surface area (Å²) in [7, 11) is 9.67. The first kappa shape index (κ1) is 34.7. The average Bonchev–Trinajstić information content (AvgIpc) is 2.96. The van der Waals surface area contributed by atoms with Crippen LogP contribution in [0.4, 0.5) is 0 Å². The van der Waals surface area contributed by atoms with E-state index < -0.39 is 23.9 Å². The Bertz CT molecular complexity index is 1060. The van der Waals surface area contributed by atoms with Crippen molar-refractivity contribution in [1.82, 2.24) is 19.9 Å². The molecule has 0 aromatic carbocycles. The van der Waals surface area contributed by atoms with Crippen molar-refractivity contribution in [2.75, 3.05) is 0 Å². The number of carboxylic acids is 4. The van der Waals surface area contributed by atoms with Crippen LogP contribution in [0.5, 0.6) is 0 Å². The third-order valence-electron chi connectivity index (χ3n) is 3.71. The van der Waals surface area contributed by atoms with Crippen LogP contribution in [0.2, 0.25) is 0 Å². The quantitative estimate of drug-likeness (QED) is 0.223. The Labute approximate surface area is 237 Å². The topological polar surface area (TPSA) is 201 Å². The Kier molecular flexibility index (Phi) is 19.3. The van der Waals surface area contributed by atoms with Crippen LogP contribution >= 0.6 is 19.4 Å². The van der Waals surface area contributed by atoms with Crippen LogP contribution in [0.3, 0.4) is 0 Å². The minimum atomic E-state index is -0.919. The van der Waals surface area contributed by atoms with E-state index in [0.717, 1.165) is 0 Å². The molecule has 0 radical (unpaired) electrons. The molecule has 0 fully saturated rings. The van der Waals surface area contributed by atoms with Crippen molar-refractivity contribution in [3.63, 3.8) is 0 Å². The van der Waals surface area contributed by atoms with E-state index in [1.165, 1.54) is 98.1 Å². The van der Waals surface area contributed by atoms with Gasteiger partial charge in [0, 0.05) is 49.6 Å². The number of aromatic carboxylic acids is 4. The molecular weight excluding hydrogens is 646 g/mol. The van der Waals surface area contributed by atoms with Gasteiger partial charge in [-0.2, -0.15) is 0 Å². The van der Waals surface area contributed by atoms with E-state index in [9.17, 15) is 19.2 Å². The minimum absolute atomic E-state index is 0.226. The molecular formula is C24H20Cl2N4O8Rh. The maximum atomic E-state index is 10.2. The van der Waals surface area contributed by atoms with E-state index in [1.807, 2.05) is 0 Å². The zero-order valence-electron chi connectivity index (χ0n) is 19.5. The summed E-state index contributed by atoms with van der Waals surface area (Å²) in [6, 6.07) is 11.6. The van der Waals surface area contributed by atoms with Gasteiger partial charge >= 0.3 is 58.4 Å². The number of hydrogen-bond donors (Lipinski definition) is 4. The molecule has 4 aromatic rings. The van der Waals surface area contributed by atoms with Gasteiger partial charge in [0.15, 0.2) is 0 Å². The third-order valence-corrected chi connectivity index (χ3v) is 3.71. The Morgan fingerprint density at radius 1 is 0.436 bits per heavy atom. The summed E-state index contributed by atoms with van der Waals surface area (Å²) in [5, 5.41) is 33.4. The van der Waals surface area contributed by atoms with Crippen LogP contribution < -0.4 is 0 Å². The Balaban J connectivity index is 0.000000477. The van der Waals surface area contributed by atoms with Gasteiger partial charge < -0.3 is 20.4 Å². The Morgan fingerprint density at radius 3 is 0.641 bits per heavy atom. The number of carbonyl (C=O) groups is 4. The molecule has 0 amide bonds. The molecule has 0 unspecified atom stereocenters. The SMILES string of the molecule is O=C(O)c1ccncc1.O=C(O)c1ccncc1.O=C(O)c1ccncc1.O=C(O)c1ccncc1.[Cl][Rh][Cl].